The Labute approximate surface area is 121 Å². The van der Waals surface area contributed by atoms with E-state index in [0.29, 0.717) is 6.04 Å². The Balaban J connectivity index is 2.20. The summed E-state index contributed by atoms with van der Waals surface area (Å²) in [6.45, 7) is 7.36. The molecule has 2 N–H and O–H groups in total. The molecule has 0 spiro atoms. The Morgan fingerprint density at radius 1 is 1.18 bits per heavy atom. The van der Waals surface area contributed by atoms with Crippen molar-refractivity contribution in [3.05, 3.63) is 32.7 Å². The number of rotatable bonds is 7. The van der Waals surface area contributed by atoms with Gasteiger partial charge in [0.05, 0.1) is 0 Å². The highest BCUT2D eigenvalue weighted by atomic mass is 79.9. The first-order chi connectivity index (χ1) is 8.09. The van der Waals surface area contributed by atoms with Crippen LogP contribution in [-0.4, -0.2) is 19.1 Å². The van der Waals surface area contributed by atoms with Gasteiger partial charge in [-0.05, 0) is 43.3 Å². The lowest BCUT2D eigenvalue weighted by molar-refractivity contribution is 0.547. The SMILES string of the molecule is CC(C)NCCCNCc1cc(Br)ccc1Br. The maximum Gasteiger partial charge on any atom is 0.0221 e. The van der Waals surface area contributed by atoms with E-state index in [-0.39, 0.29) is 0 Å². The molecule has 0 atom stereocenters. The molecule has 0 bridgehead atoms. The predicted molar refractivity (Wildman–Crippen MR) is 81.3 cm³/mol. The standard InChI is InChI=1S/C13H20Br2N2/c1-10(2)17-7-3-6-16-9-11-8-12(14)4-5-13(11)15/h4-5,8,10,16-17H,3,6-7,9H2,1-2H3. The summed E-state index contributed by atoms with van der Waals surface area (Å²) in [5.41, 5.74) is 1.29. The van der Waals surface area contributed by atoms with Crippen LogP contribution in [0.2, 0.25) is 0 Å². The molecule has 1 aromatic carbocycles. The topological polar surface area (TPSA) is 24.1 Å². The van der Waals surface area contributed by atoms with E-state index in [2.05, 4.69) is 68.5 Å². The van der Waals surface area contributed by atoms with Gasteiger partial charge in [-0.15, -0.1) is 0 Å². The zero-order chi connectivity index (χ0) is 12.7. The highest BCUT2D eigenvalue weighted by Crippen LogP contribution is 2.21. The second kappa shape index (κ2) is 8.25. The molecule has 0 saturated heterocycles. The number of hydrogen-bond donors (Lipinski definition) is 2. The summed E-state index contributed by atoms with van der Waals surface area (Å²) in [6.07, 6.45) is 1.16. The molecule has 0 aliphatic heterocycles. The summed E-state index contributed by atoms with van der Waals surface area (Å²) >= 11 is 7.05. The summed E-state index contributed by atoms with van der Waals surface area (Å²) in [5, 5.41) is 6.86. The predicted octanol–water partition coefficient (Wildman–Crippen LogP) is 3.69. The largest absolute Gasteiger partial charge is 0.314 e. The van der Waals surface area contributed by atoms with Gasteiger partial charge in [0.15, 0.2) is 0 Å². The van der Waals surface area contributed by atoms with Crippen molar-refractivity contribution in [1.29, 1.82) is 0 Å². The Kier molecular flexibility index (Phi) is 7.35. The first kappa shape index (κ1) is 15.2. The molecule has 0 aliphatic rings. The molecule has 17 heavy (non-hydrogen) atoms. The van der Waals surface area contributed by atoms with Gasteiger partial charge >= 0.3 is 0 Å². The summed E-state index contributed by atoms with van der Waals surface area (Å²) < 4.78 is 2.28. The van der Waals surface area contributed by atoms with Gasteiger partial charge in [-0.2, -0.15) is 0 Å². The highest BCUT2D eigenvalue weighted by Gasteiger charge is 2.00. The van der Waals surface area contributed by atoms with Crippen LogP contribution in [0.1, 0.15) is 25.8 Å². The normalized spacial score (nSPS) is 11.1. The van der Waals surface area contributed by atoms with Crippen molar-refractivity contribution >= 4 is 31.9 Å². The second-order valence-corrected chi connectivity index (χ2v) is 6.14. The first-order valence-corrected chi connectivity index (χ1v) is 7.56. The van der Waals surface area contributed by atoms with Crippen molar-refractivity contribution in [2.75, 3.05) is 13.1 Å². The fourth-order valence-electron chi connectivity index (χ4n) is 1.51. The number of nitrogens with one attached hydrogen (secondary N) is 2. The van der Waals surface area contributed by atoms with Gasteiger partial charge in [-0.3, -0.25) is 0 Å². The van der Waals surface area contributed by atoms with Crippen LogP contribution in [-0.2, 0) is 6.54 Å². The molecule has 0 aliphatic carbocycles. The maximum atomic E-state index is 3.56. The van der Waals surface area contributed by atoms with Crippen molar-refractivity contribution in [1.82, 2.24) is 10.6 Å². The number of halogens is 2. The van der Waals surface area contributed by atoms with Crippen molar-refractivity contribution in [2.24, 2.45) is 0 Å². The van der Waals surface area contributed by atoms with Crippen LogP contribution in [0.25, 0.3) is 0 Å². The molecule has 0 amide bonds. The average Bonchev–Trinajstić information content (AvgIpc) is 2.27. The minimum Gasteiger partial charge on any atom is -0.314 e. The summed E-state index contributed by atoms with van der Waals surface area (Å²) in [6, 6.07) is 6.83. The van der Waals surface area contributed by atoms with Crippen molar-refractivity contribution < 1.29 is 0 Å². The fraction of sp³-hybridized carbons (Fsp3) is 0.538. The number of benzene rings is 1. The molecule has 0 unspecified atom stereocenters. The molecular formula is C13H20Br2N2. The third kappa shape index (κ3) is 6.55. The van der Waals surface area contributed by atoms with Gasteiger partial charge in [0.1, 0.15) is 0 Å². The molecule has 0 saturated carbocycles. The molecule has 0 aromatic heterocycles. The van der Waals surface area contributed by atoms with E-state index in [1.165, 1.54) is 5.56 Å². The monoisotopic (exact) mass is 362 g/mol. The Hall–Kier alpha value is 0.1000. The van der Waals surface area contributed by atoms with Crippen molar-refractivity contribution in [3.8, 4) is 0 Å². The second-order valence-electron chi connectivity index (χ2n) is 4.37. The zero-order valence-electron chi connectivity index (χ0n) is 10.4. The first-order valence-electron chi connectivity index (χ1n) is 5.97. The van der Waals surface area contributed by atoms with Crippen LogP contribution in [0.4, 0.5) is 0 Å². The lowest BCUT2D eigenvalue weighted by Gasteiger charge is -2.09. The van der Waals surface area contributed by atoms with Crippen molar-refractivity contribution in [2.45, 2.75) is 32.9 Å². The Morgan fingerprint density at radius 2 is 1.94 bits per heavy atom. The Morgan fingerprint density at radius 3 is 2.65 bits per heavy atom. The zero-order valence-corrected chi connectivity index (χ0v) is 13.6. The lowest BCUT2D eigenvalue weighted by atomic mass is 10.2. The molecule has 96 valence electrons. The van der Waals surface area contributed by atoms with E-state index in [1.807, 2.05) is 6.07 Å². The van der Waals surface area contributed by atoms with Crippen LogP contribution >= 0.6 is 31.9 Å². The lowest BCUT2D eigenvalue weighted by Crippen LogP contribution is -2.26. The third-order valence-electron chi connectivity index (χ3n) is 2.41. The molecule has 2 nitrogen and oxygen atoms in total. The molecular weight excluding hydrogens is 344 g/mol. The molecule has 0 fully saturated rings. The summed E-state index contributed by atoms with van der Waals surface area (Å²) in [4.78, 5) is 0. The van der Waals surface area contributed by atoms with Crippen molar-refractivity contribution in [3.63, 3.8) is 0 Å². The van der Waals surface area contributed by atoms with Crippen LogP contribution in [0, 0.1) is 0 Å². The fourth-order valence-corrected chi connectivity index (χ4v) is 2.30. The van der Waals surface area contributed by atoms with Gasteiger partial charge in [0.2, 0.25) is 0 Å². The molecule has 1 aromatic rings. The third-order valence-corrected chi connectivity index (χ3v) is 3.67. The highest BCUT2D eigenvalue weighted by molar-refractivity contribution is 9.11. The summed E-state index contributed by atoms with van der Waals surface area (Å²) in [7, 11) is 0. The quantitative estimate of drug-likeness (QED) is 0.722. The Bertz CT molecular complexity index is 340. The van der Waals surface area contributed by atoms with E-state index < -0.39 is 0 Å². The van der Waals surface area contributed by atoms with E-state index in [0.717, 1.165) is 35.0 Å². The minimum absolute atomic E-state index is 0.578. The maximum absolute atomic E-state index is 3.56. The van der Waals surface area contributed by atoms with Gasteiger partial charge in [-0.1, -0.05) is 45.7 Å². The van der Waals surface area contributed by atoms with Gasteiger partial charge in [0, 0.05) is 21.5 Å². The van der Waals surface area contributed by atoms with Crippen LogP contribution < -0.4 is 10.6 Å². The summed E-state index contributed by atoms with van der Waals surface area (Å²) in [5.74, 6) is 0. The van der Waals surface area contributed by atoms with Crippen LogP contribution in [0.5, 0.6) is 0 Å². The molecule has 0 heterocycles. The number of hydrogen-bond acceptors (Lipinski definition) is 2. The minimum atomic E-state index is 0.578. The average molecular weight is 364 g/mol. The molecule has 1 rings (SSSR count). The smallest absolute Gasteiger partial charge is 0.0221 e. The molecule has 4 heteroatoms. The van der Waals surface area contributed by atoms with E-state index in [4.69, 9.17) is 0 Å². The van der Waals surface area contributed by atoms with Gasteiger partial charge < -0.3 is 10.6 Å². The molecule has 0 radical (unpaired) electrons. The van der Waals surface area contributed by atoms with Gasteiger partial charge in [0.25, 0.3) is 0 Å². The van der Waals surface area contributed by atoms with Crippen LogP contribution in [0.15, 0.2) is 27.1 Å². The van der Waals surface area contributed by atoms with Crippen LogP contribution in [0.3, 0.4) is 0 Å². The van der Waals surface area contributed by atoms with E-state index >= 15 is 0 Å². The van der Waals surface area contributed by atoms with E-state index in [9.17, 15) is 0 Å². The van der Waals surface area contributed by atoms with Gasteiger partial charge in [-0.25, -0.2) is 0 Å². The van der Waals surface area contributed by atoms with E-state index in [1.54, 1.807) is 0 Å².